The largest absolute Gasteiger partial charge is 0.340 e. The number of fused-ring (bicyclic) bond motifs is 1. The maximum absolute atomic E-state index is 12.5. The number of aromatic nitrogens is 3. The van der Waals surface area contributed by atoms with Crippen molar-refractivity contribution in [3.05, 3.63) is 46.1 Å². The van der Waals surface area contributed by atoms with Gasteiger partial charge in [0.2, 0.25) is 17.6 Å². The van der Waals surface area contributed by atoms with Crippen LogP contribution in [-0.4, -0.2) is 38.5 Å². The first kappa shape index (κ1) is 18.4. The average Bonchev–Trinajstić information content (AvgIpc) is 3.15. The fourth-order valence-corrected chi connectivity index (χ4v) is 3.78. The molecule has 0 saturated carbocycles. The van der Waals surface area contributed by atoms with Gasteiger partial charge in [-0.3, -0.25) is 9.59 Å². The molecule has 1 aromatic carbocycles. The van der Waals surface area contributed by atoms with Crippen LogP contribution in [0.2, 0.25) is 0 Å². The number of benzene rings is 1. The third-order valence-electron chi connectivity index (χ3n) is 5.38. The van der Waals surface area contributed by atoms with Gasteiger partial charge in [0.1, 0.15) is 0 Å². The number of aromatic amines is 1. The first-order valence-corrected chi connectivity index (χ1v) is 9.77. The highest BCUT2D eigenvalue weighted by Crippen LogP contribution is 2.20. The van der Waals surface area contributed by atoms with Crippen molar-refractivity contribution in [2.45, 2.75) is 52.0 Å². The number of carbonyl (C=O) groups is 1. The number of nitrogens with zero attached hydrogens (tertiary/aromatic N) is 3. The van der Waals surface area contributed by atoms with Gasteiger partial charge in [0.15, 0.2) is 0 Å². The summed E-state index contributed by atoms with van der Waals surface area (Å²) in [6, 6.07) is 7.89. The molecule has 1 fully saturated rings. The van der Waals surface area contributed by atoms with Crippen LogP contribution in [0.1, 0.15) is 44.1 Å². The van der Waals surface area contributed by atoms with Gasteiger partial charge in [0.05, 0.1) is 5.56 Å². The van der Waals surface area contributed by atoms with E-state index in [1.165, 1.54) is 6.42 Å². The number of carbonyl (C=O) groups excluding carboxylic acids is 1. The summed E-state index contributed by atoms with van der Waals surface area (Å²) in [5, 5.41) is 4.86. The van der Waals surface area contributed by atoms with E-state index in [0.717, 1.165) is 35.9 Å². The predicted molar refractivity (Wildman–Crippen MR) is 106 cm³/mol. The summed E-state index contributed by atoms with van der Waals surface area (Å²) < 4.78 is 5.29. The highest BCUT2D eigenvalue weighted by Gasteiger charge is 2.23. The zero-order chi connectivity index (χ0) is 19.7. The summed E-state index contributed by atoms with van der Waals surface area (Å²) >= 11 is 0. The maximum Gasteiger partial charge on any atom is 0.259 e. The molecule has 1 saturated heterocycles. The van der Waals surface area contributed by atoms with Gasteiger partial charge in [-0.05, 0) is 56.7 Å². The third kappa shape index (κ3) is 3.69. The second-order valence-electron chi connectivity index (χ2n) is 7.55. The molecule has 3 aromatic rings. The Morgan fingerprint density at radius 1 is 1.32 bits per heavy atom. The van der Waals surface area contributed by atoms with Crippen LogP contribution in [0.4, 0.5) is 0 Å². The van der Waals surface area contributed by atoms with E-state index in [0.29, 0.717) is 30.3 Å². The van der Waals surface area contributed by atoms with Gasteiger partial charge in [0, 0.05) is 30.9 Å². The smallest absolute Gasteiger partial charge is 0.259 e. The number of hydrogen-bond donors (Lipinski definition) is 1. The molecule has 3 heterocycles. The van der Waals surface area contributed by atoms with E-state index in [-0.39, 0.29) is 17.3 Å². The van der Waals surface area contributed by atoms with Crippen LogP contribution < -0.4 is 5.56 Å². The topological polar surface area (TPSA) is 92.1 Å². The van der Waals surface area contributed by atoms with Gasteiger partial charge in [-0.1, -0.05) is 16.8 Å². The molecular weight excluding hydrogens is 356 g/mol. The number of aryl methyl sites for hydroxylation is 2. The zero-order valence-corrected chi connectivity index (χ0v) is 16.2. The second kappa shape index (κ2) is 7.58. The molecule has 2 aromatic heterocycles. The molecule has 4 rings (SSSR count). The molecule has 1 atom stereocenters. The number of piperidine rings is 1. The van der Waals surface area contributed by atoms with Crippen LogP contribution in [-0.2, 0) is 11.2 Å². The Kier molecular flexibility index (Phi) is 4.98. The van der Waals surface area contributed by atoms with Crippen LogP contribution in [0, 0.1) is 6.92 Å². The Morgan fingerprint density at radius 2 is 2.18 bits per heavy atom. The van der Waals surface area contributed by atoms with Gasteiger partial charge in [0.25, 0.3) is 5.56 Å². The second-order valence-corrected chi connectivity index (χ2v) is 7.55. The molecule has 1 aliphatic heterocycles. The monoisotopic (exact) mass is 380 g/mol. The summed E-state index contributed by atoms with van der Waals surface area (Å²) in [7, 11) is 0. The Bertz CT molecular complexity index is 1070. The Hall–Kier alpha value is -2.96. The SMILES string of the molecule is Cc1ccc2[nH]c(=O)c(-c3noc(CCC(=O)N4CCCC[C@@H]4C)n3)cc2c1. The van der Waals surface area contributed by atoms with Crippen molar-refractivity contribution in [2.75, 3.05) is 6.54 Å². The normalized spacial score (nSPS) is 17.2. The highest BCUT2D eigenvalue weighted by molar-refractivity contribution is 5.83. The number of rotatable bonds is 4. The molecular formula is C21H24N4O3. The van der Waals surface area contributed by atoms with Gasteiger partial charge in [-0.2, -0.15) is 4.98 Å². The molecule has 7 nitrogen and oxygen atoms in total. The van der Waals surface area contributed by atoms with Gasteiger partial charge in [-0.15, -0.1) is 0 Å². The minimum absolute atomic E-state index is 0.117. The molecule has 7 heteroatoms. The lowest BCUT2D eigenvalue weighted by molar-refractivity contribution is -0.134. The summed E-state index contributed by atoms with van der Waals surface area (Å²) in [4.78, 5) is 34.0. The zero-order valence-electron chi connectivity index (χ0n) is 16.2. The lowest BCUT2D eigenvalue weighted by Gasteiger charge is -2.33. The fourth-order valence-electron chi connectivity index (χ4n) is 3.78. The van der Waals surface area contributed by atoms with Gasteiger partial charge >= 0.3 is 0 Å². The van der Waals surface area contributed by atoms with Crippen molar-refractivity contribution in [3.63, 3.8) is 0 Å². The third-order valence-corrected chi connectivity index (χ3v) is 5.38. The summed E-state index contributed by atoms with van der Waals surface area (Å²) in [5.41, 5.74) is 1.97. The minimum atomic E-state index is -0.262. The van der Waals surface area contributed by atoms with Crippen molar-refractivity contribution < 1.29 is 9.32 Å². The number of nitrogens with one attached hydrogen (secondary N) is 1. The molecule has 0 radical (unpaired) electrons. The number of likely N-dealkylation sites (tertiary alicyclic amines) is 1. The van der Waals surface area contributed by atoms with Crippen molar-refractivity contribution in [3.8, 4) is 11.4 Å². The molecule has 0 unspecified atom stereocenters. The van der Waals surface area contributed by atoms with Crippen LogP contribution in [0.25, 0.3) is 22.3 Å². The van der Waals surface area contributed by atoms with Crippen molar-refractivity contribution >= 4 is 16.8 Å². The molecule has 146 valence electrons. The molecule has 0 bridgehead atoms. The van der Waals surface area contributed by atoms with E-state index < -0.39 is 0 Å². The summed E-state index contributed by atoms with van der Waals surface area (Å²) in [5.74, 6) is 0.737. The molecule has 28 heavy (non-hydrogen) atoms. The number of hydrogen-bond acceptors (Lipinski definition) is 5. The van der Waals surface area contributed by atoms with Crippen molar-refractivity contribution in [1.29, 1.82) is 0 Å². The first-order chi connectivity index (χ1) is 13.5. The van der Waals surface area contributed by atoms with Crippen LogP contribution in [0.5, 0.6) is 0 Å². The first-order valence-electron chi connectivity index (χ1n) is 9.77. The maximum atomic E-state index is 12.5. The summed E-state index contributed by atoms with van der Waals surface area (Å²) in [6.07, 6.45) is 4.00. The Labute approximate surface area is 162 Å². The molecule has 1 aliphatic rings. The van der Waals surface area contributed by atoms with Crippen LogP contribution in [0.3, 0.4) is 0 Å². The van der Waals surface area contributed by atoms with Crippen LogP contribution in [0.15, 0.2) is 33.6 Å². The molecule has 0 spiro atoms. The van der Waals surface area contributed by atoms with E-state index >= 15 is 0 Å². The average molecular weight is 380 g/mol. The Balaban J connectivity index is 1.50. The number of pyridine rings is 1. The molecule has 1 amide bonds. The lowest BCUT2D eigenvalue weighted by Crippen LogP contribution is -2.42. The van der Waals surface area contributed by atoms with Gasteiger partial charge < -0.3 is 14.4 Å². The lowest BCUT2D eigenvalue weighted by atomic mass is 10.0. The quantitative estimate of drug-likeness (QED) is 0.750. The van der Waals surface area contributed by atoms with E-state index in [4.69, 9.17) is 4.52 Å². The van der Waals surface area contributed by atoms with E-state index in [1.54, 1.807) is 6.07 Å². The Morgan fingerprint density at radius 3 is 3.00 bits per heavy atom. The minimum Gasteiger partial charge on any atom is -0.340 e. The van der Waals surface area contributed by atoms with Gasteiger partial charge in [-0.25, -0.2) is 0 Å². The predicted octanol–water partition coefficient (Wildman–Crippen LogP) is 3.22. The van der Waals surface area contributed by atoms with Crippen molar-refractivity contribution in [2.24, 2.45) is 0 Å². The standard InChI is InChI=1S/C21H24N4O3/c1-13-6-7-17-15(11-13)12-16(21(27)22-17)20-23-18(28-24-20)8-9-19(26)25-10-4-3-5-14(25)2/h6-7,11-12,14H,3-5,8-10H2,1-2H3,(H,22,27)/t14-/m0/s1. The number of H-pyrrole nitrogens is 1. The van der Waals surface area contributed by atoms with E-state index in [9.17, 15) is 9.59 Å². The van der Waals surface area contributed by atoms with E-state index in [2.05, 4.69) is 22.0 Å². The number of amides is 1. The molecule has 1 N–H and O–H groups in total. The molecule has 0 aliphatic carbocycles. The fraction of sp³-hybridized carbons (Fsp3) is 0.429. The van der Waals surface area contributed by atoms with Crippen molar-refractivity contribution in [1.82, 2.24) is 20.0 Å². The summed E-state index contributed by atoms with van der Waals surface area (Å²) in [6.45, 7) is 4.91. The highest BCUT2D eigenvalue weighted by atomic mass is 16.5. The van der Waals surface area contributed by atoms with E-state index in [1.807, 2.05) is 30.0 Å². The van der Waals surface area contributed by atoms with Crippen LogP contribution >= 0.6 is 0 Å².